The van der Waals surface area contributed by atoms with Gasteiger partial charge in [-0.05, 0) is 39.9 Å². The Morgan fingerprint density at radius 1 is 1.77 bits per heavy atom. The number of thiophene rings is 1. The van der Waals surface area contributed by atoms with Gasteiger partial charge < -0.3 is 5.32 Å². The Labute approximate surface area is 95.9 Å². The van der Waals surface area contributed by atoms with Crippen molar-refractivity contribution in [2.24, 2.45) is 0 Å². The van der Waals surface area contributed by atoms with Crippen LogP contribution in [0.5, 0.6) is 0 Å². The Bertz CT molecular complexity index is 296. The minimum Gasteiger partial charge on any atom is -0.308 e. The van der Waals surface area contributed by atoms with E-state index in [1.165, 1.54) is 9.35 Å². The summed E-state index contributed by atoms with van der Waals surface area (Å²) in [4.78, 5) is 1.32. The Hall–Kier alpha value is 0.170. The molecular formula is C9H11BrClNS. The van der Waals surface area contributed by atoms with E-state index >= 15 is 0 Å². The SMILES string of the molecule is C/C(=C/Cl)CNCc1sccc1Br. The molecule has 0 aromatic carbocycles. The van der Waals surface area contributed by atoms with Crippen molar-refractivity contribution in [1.82, 2.24) is 5.32 Å². The molecule has 0 saturated heterocycles. The molecule has 0 aliphatic carbocycles. The van der Waals surface area contributed by atoms with E-state index in [-0.39, 0.29) is 0 Å². The predicted molar refractivity (Wildman–Crippen MR) is 63.3 cm³/mol. The maximum absolute atomic E-state index is 5.54. The average molecular weight is 281 g/mol. The summed E-state index contributed by atoms with van der Waals surface area (Å²) in [6.45, 7) is 3.73. The number of nitrogens with one attached hydrogen (secondary N) is 1. The monoisotopic (exact) mass is 279 g/mol. The number of hydrogen-bond acceptors (Lipinski definition) is 2. The molecule has 72 valence electrons. The first-order valence-electron chi connectivity index (χ1n) is 3.92. The van der Waals surface area contributed by atoms with Crippen molar-refractivity contribution in [3.05, 3.63) is 31.9 Å². The van der Waals surface area contributed by atoms with Crippen LogP contribution in [0.15, 0.2) is 27.0 Å². The maximum atomic E-state index is 5.54. The Morgan fingerprint density at radius 2 is 2.54 bits per heavy atom. The van der Waals surface area contributed by atoms with Crippen molar-refractivity contribution in [3.8, 4) is 0 Å². The number of rotatable bonds is 4. The molecular weight excluding hydrogens is 270 g/mol. The fraction of sp³-hybridized carbons (Fsp3) is 0.333. The molecule has 0 fully saturated rings. The van der Waals surface area contributed by atoms with Gasteiger partial charge in [0.05, 0.1) is 0 Å². The molecule has 1 heterocycles. The fourth-order valence-electron chi connectivity index (χ4n) is 0.863. The Balaban J connectivity index is 2.32. The van der Waals surface area contributed by atoms with Crippen LogP contribution in [0.1, 0.15) is 11.8 Å². The number of hydrogen-bond donors (Lipinski definition) is 1. The second kappa shape index (κ2) is 5.81. The molecule has 0 aliphatic heterocycles. The van der Waals surface area contributed by atoms with Crippen molar-refractivity contribution in [2.75, 3.05) is 6.54 Å². The van der Waals surface area contributed by atoms with Crippen LogP contribution in [0.25, 0.3) is 0 Å². The maximum Gasteiger partial charge on any atom is 0.0327 e. The highest BCUT2D eigenvalue weighted by Gasteiger charge is 1.99. The standard InChI is InChI=1S/C9H11BrClNS/c1-7(4-11)5-12-6-9-8(10)2-3-13-9/h2-4,12H,5-6H2,1H3/b7-4-. The van der Waals surface area contributed by atoms with E-state index in [9.17, 15) is 0 Å². The van der Waals surface area contributed by atoms with Crippen LogP contribution >= 0.6 is 38.9 Å². The van der Waals surface area contributed by atoms with Crippen molar-refractivity contribution < 1.29 is 0 Å². The van der Waals surface area contributed by atoms with Crippen LogP contribution in [0, 0.1) is 0 Å². The summed E-state index contributed by atoms with van der Waals surface area (Å²) >= 11 is 10.8. The zero-order chi connectivity index (χ0) is 9.68. The molecule has 0 radical (unpaired) electrons. The van der Waals surface area contributed by atoms with Gasteiger partial charge in [0.25, 0.3) is 0 Å². The fourth-order valence-corrected chi connectivity index (χ4v) is 2.40. The molecule has 4 heteroatoms. The van der Waals surface area contributed by atoms with Crippen LogP contribution in [0.2, 0.25) is 0 Å². The summed E-state index contributed by atoms with van der Waals surface area (Å²) in [7, 11) is 0. The smallest absolute Gasteiger partial charge is 0.0327 e. The summed E-state index contributed by atoms with van der Waals surface area (Å²) < 4.78 is 1.18. The molecule has 0 bridgehead atoms. The molecule has 0 spiro atoms. The van der Waals surface area contributed by atoms with Gasteiger partial charge in [-0.2, -0.15) is 0 Å². The van der Waals surface area contributed by atoms with E-state index in [1.54, 1.807) is 16.9 Å². The lowest BCUT2D eigenvalue weighted by molar-refractivity contribution is 0.748. The topological polar surface area (TPSA) is 12.0 Å². The molecule has 1 aromatic heterocycles. The highest BCUT2D eigenvalue weighted by molar-refractivity contribution is 9.10. The van der Waals surface area contributed by atoms with Crippen LogP contribution < -0.4 is 5.32 Å². The normalized spacial score (nSPS) is 12.1. The second-order valence-electron chi connectivity index (χ2n) is 2.75. The zero-order valence-corrected chi connectivity index (χ0v) is 10.5. The molecule has 0 saturated carbocycles. The van der Waals surface area contributed by atoms with E-state index in [2.05, 4.69) is 32.7 Å². The van der Waals surface area contributed by atoms with Gasteiger partial charge in [0.15, 0.2) is 0 Å². The van der Waals surface area contributed by atoms with Gasteiger partial charge in [-0.15, -0.1) is 11.3 Å². The third kappa shape index (κ3) is 3.81. The number of halogens is 2. The largest absolute Gasteiger partial charge is 0.308 e. The molecule has 1 rings (SSSR count). The summed E-state index contributed by atoms with van der Waals surface area (Å²) in [5, 5.41) is 5.38. The lowest BCUT2D eigenvalue weighted by Crippen LogP contribution is -2.14. The molecule has 13 heavy (non-hydrogen) atoms. The molecule has 0 unspecified atom stereocenters. The first kappa shape index (κ1) is 11.2. The van der Waals surface area contributed by atoms with Crippen molar-refractivity contribution in [1.29, 1.82) is 0 Å². The molecule has 1 N–H and O–H groups in total. The van der Waals surface area contributed by atoms with Gasteiger partial charge in [-0.3, -0.25) is 0 Å². The molecule has 0 aliphatic rings. The van der Waals surface area contributed by atoms with Crippen LogP contribution in [0.3, 0.4) is 0 Å². The zero-order valence-electron chi connectivity index (χ0n) is 7.31. The second-order valence-corrected chi connectivity index (χ2v) is 4.82. The van der Waals surface area contributed by atoms with E-state index in [4.69, 9.17) is 11.6 Å². The molecule has 1 nitrogen and oxygen atoms in total. The van der Waals surface area contributed by atoms with Crippen LogP contribution in [-0.4, -0.2) is 6.54 Å². The molecule has 1 aromatic rings. The Morgan fingerprint density at radius 3 is 3.08 bits per heavy atom. The lowest BCUT2D eigenvalue weighted by atomic mass is 10.3. The Kier molecular flexibility index (Phi) is 5.02. The minimum atomic E-state index is 0.841. The quantitative estimate of drug-likeness (QED) is 0.886. The van der Waals surface area contributed by atoms with E-state index < -0.39 is 0 Å². The highest BCUT2D eigenvalue weighted by atomic mass is 79.9. The van der Waals surface area contributed by atoms with Crippen molar-refractivity contribution >= 4 is 38.9 Å². The third-order valence-corrected chi connectivity index (χ3v) is 3.87. The van der Waals surface area contributed by atoms with E-state index in [1.807, 2.05) is 6.92 Å². The van der Waals surface area contributed by atoms with Gasteiger partial charge in [-0.25, -0.2) is 0 Å². The van der Waals surface area contributed by atoms with Crippen LogP contribution in [0.4, 0.5) is 0 Å². The first-order valence-corrected chi connectivity index (χ1v) is 6.03. The molecule has 0 amide bonds. The van der Waals surface area contributed by atoms with Crippen molar-refractivity contribution in [2.45, 2.75) is 13.5 Å². The lowest BCUT2D eigenvalue weighted by Gasteiger charge is -2.02. The summed E-state index contributed by atoms with van der Waals surface area (Å²) in [6, 6.07) is 2.06. The van der Waals surface area contributed by atoms with Gasteiger partial charge in [0, 0.05) is 28.0 Å². The van der Waals surface area contributed by atoms with Crippen LogP contribution in [-0.2, 0) is 6.54 Å². The summed E-state index contributed by atoms with van der Waals surface area (Å²) in [5.41, 5.74) is 2.76. The third-order valence-electron chi connectivity index (χ3n) is 1.57. The van der Waals surface area contributed by atoms with Gasteiger partial charge >= 0.3 is 0 Å². The van der Waals surface area contributed by atoms with Crippen molar-refractivity contribution in [3.63, 3.8) is 0 Å². The summed E-state index contributed by atoms with van der Waals surface area (Å²) in [5.74, 6) is 0. The van der Waals surface area contributed by atoms with E-state index in [0.29, 0.717) is 0 Å². The van der Waals surface area contributed by atoms with Gasteiger partial charge in [0.2, 0.25) is 0 Å². The predicted octanol–water partition coefficient (Wildman–Crippen LogP) is 3.74. The highest BCUT2D eigenvalue weighted by Crippen LogP contribution is 2.22. The summed E-state index contributed by atoms with van der Waals surface area (Å²) in [6.07, 6.45) is 0. The molecule has 0 atom stereocenters. The van der Waals surface area contributed by atoms with Gasteiger partial charge in [0.1, 0.15) is 0 Å². The van der Waals surface area contributed by atoms with Gasteiger partial charge in [-0.1, -0.05) is 11.6 Å². The average Bonchev–Trinajstić information content (AvgIpc) is 2.52. The first-order chi connectivity index (χ1) is 6.24. The minimum absolute atomic E-state index is 0.841. The van der Waals surface area contributed by atoms with E-state index in [0.717, 1.165) is 18.7 Å².